The van der Waals surface area contributed by atoms with Crippen LogP contribution in [0.2, 0.25) is 0 Å². The van der Waals surface area contributed by atoms with Crippen LogP contribution in [-0.4, -0.2) is 9.55 Å². The van der Waals surface area contributed by atoms with Crippen molar-refractivity contribution in [2.24, 2.45) is 7.05 Å². The van der Waals surface area contributed by atoms with Crippen LogP contribution < -0.4 is 5.32 Å². The zero-order valence-electron chi connectivity index (χ0n) is 11.9. The van der Waals surface area contributed by atoms with Crippen LogP contribution >= 0.6 is 15.9 Å². The number of nitrogens with zero attached hydrogens (tertiary/aromatic N) is 2. The minimum atomic E-state index is -0.131. The lowest BCUT2D eigenvalue weighted by atomic mass is 10.1. The summed E-state index contributed by atoms with van der Waals surface area (Å²) in [6.45, 7) is 2.07. The second-order valence-corrected chi connectivity index (χ2v) is 5.92. The van der Waals surface area contributed by atoms with Gasteiger partial charge in [-0.15, -0.1) is 0 Å². The van der Waals surface area contributed by atoms with Crippen LogP contribution in [0.1, 0.15) is 23.2 Å². The van der Waals surface area contributed by atoms with Gasteiger partial charge in [0.2, 0.25) is 0 Å². The van der Waals surface area contributed by atoms with Crippen molar-refractivity contribution in [2.45, 2.75) is 13.0 Å². The maximum absolute atomic E-state index is 5.58. The van der Waals surface area contributed by atoms with Gasteiger partial charge in [0.05, 0.1) is 6.26 Å². The summed E-state index contributed by atoms with van der Waals surface area (Å²) in [5.74, 6) is 1.74. The number of aryl methyl sites for hydroxylation is 2. The number of halogens is 1. The highest BCUT2D eigenvalue weighted by Crippen LogP contribution is 2.28. The fraction of sp³-hybridized carbons (Fsp3) is 0.188. The summed E-state index contributed by atoms with van der Waals surface area (Å²) in [5, 5.41) is 3.50. The second kappa shape index (κ2) is 5.77. The minimum Gasteiger partial charge on any atom is -0.467 e. The molecule has 0 saturated carbocycles. The SMILES string of the molecule is Cc1cc(Br)cc(NC(c2ccco2)c2nccn2C)c1. The lowest BCUT2D eigenvalue weighted by Crippen LogP contribution is -2.16. The first-order valence-corrected chi connectivity index (χ1v) is 7.47. The molecule has 0 bridgehead atoms. The number of aromatic nitrogens is 2. The van der Waals surface area contributed by atoms with E-state index in [9.17, 15) is 0 Å². The van der Waals surface area contributed by atoms with Gasteiger partial charge in [-0.25, -0.2) is 4.98 Å². The van der Waals surface area contributed by atoms with Gasteiger partial charge >= 0.3 is 0 Å². The van der Waals surface area contributed by atoms with Crippen LogP contribution in [0.15, 0.2) is 57.9 Å². The van der Waals surface area contributed by atoms with Crippen molar-refractivity contribution in [2.75, 3.05) is 5.32 Å². The Morgan fingerprint density at radius 3 is 2.81 bits per heavy atom. The number of rotatable bonds is 4. The molecule has 3 rings (SSSR count). The van der Waals surface area contributed by atoms with Crippen LogP contribution in [0.5, 0.6) is 0 Å². The molecule has 5 heteroatoms. The molecule has 0 spiro atoms. The third kappa shape index (κ3) is 3.03. The summed E-state index contributed by atoms with van der Waals surface area (Å²) in [6, 6.07) is 9.94. The predicted molar refractivity (Wildman–Crippen MR) is 86.3 cm³/mol. The Morgan fingerprint density at radius 2 is 2.19 bits per heavy atom. The van der Waals surface area contributed by atoms with E-state index >= 15 is 0 Å². The molecular formula is C16H16BrN3O. The van der Waals surface area contributed by atoms with Gasteiger partial charge in [-0.1, -0.05) is 15.9 Å². The monoisotopic (exact) mass is 345 g/mol. The Balaban J connectivity index is 1.99. The molecule has 1 aromatic carbocycles. The Labute approximate surface area is 131 Å². The van der Waals surface area contributed by atoms with Gasteiger partial charge in [0, 0.05) is 29.6 Å². The summed E-state index contributed by atoms with van der Waals surface area (Å²) in [5.41, 5.74) is 2.20. The molecule has 0 aliphatic rings. The van der Waals surface area contributed by atoms with Gasteiger partial charge in [0.1, 0.15) is 17.6 Å². The molecule has 0 aliphatic carbocycles. The van der Waals surface area contributed by atoms with Crippen LogP contribution in [0.3, 0.4) is 0 Å². The fourth-order valence-electron chi connectivity index (χ4n) is 2.36. The van der Waals surface area contributed by atoms with E-state index in [2.05, 4.69) is 45.3 Å². The van der Waals surface area contributed by atoms with Gasteiger partial charge < -0.3 is 14.3 Å². The largest absolute Gasteiger partial charge is 0.467 e. The number of benzene rings is 1. The van der Waals surface area contributed by atoms with Crippen molar-refractivity contribution >= 4 is 21.6 Å². The van der Waals surface area contributed by atoms with E-state index in [1.54, 1.807) is 12.5 Å². The lowest BCUT2D eigenvalue weighted by molar-refractivity contribution is 0.488. The normalized spacial score (nSPS) is 12.3. The highest BCUT2D eigenvalue weighted by atomic mass is 79.9. The molecule has 1 N–H and O–H groups in total. The van der Waals surface area contributed by atoms with E-state index < -0.39 is 0 Å². The highest BCUT2D eigenvalue weighted by molar-refractivity contribution is 9.10. The van der Waals surface area contributed by atoms with Gasteiger partial charge in [-0.05, 0) is 42.8 Å². The molecule has 1 unspecified atom stereocenters. The first-order chi connectivity index (χ1) is 10.1. The number of nitrogens with one attached hydrogen (secondary N) is 1. The van der Waals surface area contributed by atoms with E-state index in [-0.39, 0.29) is 6.04 Å². The first kappa shape index (κ1) is 13.9. The Morgan fingerprint density at radius 1 is 1.33 bits per heavy atom. The van der Waals surface area contributed by atoms with Crippen molar-refractivity contribution in [3.05, 3.63) is 70.6 Å². The van der Waals surface area contributed by atoms with Crippen LogP contribution in [0.25, 0.3) is 0 Å². The van der Waals surface area contributed by atoms with Crippen LogP contribution in [-0.2, 0) is 7.05 Å². The molecule has 2 heterocycles. The van der Waals surface area contributed by atoms with E-state index in [0.717, 1.165) is 21.7 Å². The quantitative estimate of drug-likeness (QED) is 0.767. The Kier molecular flexibility index (Phi) is 3.84. The molecule has 4 nitrogen and oxygen atoms in total. The third-order valence-corrected chi connectivity index (χ3v) is 3.76. The average molecular weight is 346 g/mol. The van der Waals surface area contributed by atoms with Crippen LogP contribution in [0, 0.1) is 6.92 Å². The molecule has 1 atom stereocenters. The summed E-state index contributed by atoms with van der Waals surface area (Å²) in [7, 11) is 1.98. The standard InChI is InChI=1S/C16H16BrN3O/c1-11-8-12(17)10-13(9-11)19-15(14-4-3-7-21-14)16-18-5-6-20(16)2/h3-10,15,19H,1-2H3. The van der Waals surface area contributed by atoms with Gasteiger partial charge in [0.15, 0.2) is 0 Å². The van der Waals surface area contributed by atoms with E-state index in [1.165, 1.54) is 5.56 Å². The second-order valence-electron chi connectivity index (χ2n) is 5.01. The molecule has 0 amide bonds. The third-order valence-electron chi connectivity index (χ3n) is 3.30. The highest BCUT2D eigenvalue weighted by Gasteiger charge is 2.21. The minimum absolute atomic E-state index is 0.131. The van der Waals surface area contributed by atoms with Gasteiger partial charge in [0.25, 0.3) is 0 Å². The van der Waals surface area contributed by atoms with Crippen molar-refractivity contribution in [3.8, 4) is 0 Å². The van der Waals surface area contributed by atoms with E-state index in [0.29, 0.717) is 0 Å². The number of hydrogen-bond donors (Lipinski definition) is 1. The lowest BCUT2D eigenvalue weighted by Gasteiger charge is -2.18. The molecular weight excluding hydrogens is 330 g/mol. The maximum atomic E-state index is 5.58. The number of imidazole rings is 1. The molecule has 108 valence electrons. The van der Waals surface area contributed by atoms with Gasteiger partial charge in [-0.2, -0.15) is 0 Å². The number of furan rings is 1. The molecule has 2 aromatic heterocycles. The molecule has 3 aromatic rings. The molecule has 21 heavy (non-hydrogen) atoms. The molecule has 0 radical (unpaired) electrons. The van der Waals surface area contributed by atoms with Crippen molar-refractivity contribution < 1.29 is 4.42 Å². The summed E-state index contributed by atoms with van der Waals surface area (Å²) in [4.78, 5) is 4.44. The maximum Gasteiger partial charge on any atom is 0.143 e. The van der Waals surface area contributed by atoms with E-state index in [1.807, 2.05) is 36.0 Å². The zero-order valence-corrected chi connectivity index (χ0v) is 13.5. The zero-order chi connectivity index (χ0) is 14.8. The van der Waals surface area contributed by atoms with Crippen molar-refractivity contribution in [3.63, 3.8) is 0 Å². The van der Waals surface area contributed by atoms with Crippen molar-refractivity contribution in [1.82, 2.24) is 9.55 Å². The molecule has 0 saturated heterocycles. The average Bonchev–Trinajstić information content (AvgIpc) is 3.06. The Bertz CT molecular complexity index is 714. The van der Waals surface area contributed by atoms with Gasteiger partial charge in [-0.3, -0.25) is 0 Å². The number of hydrogen-bond acceptors (Lipinski definition) is 3. The fourth-order valence-corrected chi connectivity index (χ4v) is 2.97. The van der Waals surface area contributed by atoms with E-state index in [4.69, 9.17) is 4.42 Å². The summed E-state index contributed by atoms with van der Waals surface area (Å²) in [6.07, 6.45) is 5.40. The topological polar surface area (TPSA) is 43.0 Å². The van der Waals surface area contributed by atoms with Crippen molar-refractivity contribution in [1.29, 1.82) is 0 Å². The number of anilines is 1. The first-order valence-electron chi connectivity index (χ1n) is 6.68. The molecule has 0 fully saturated rings. The summed E-state index contributed by atoms with van der Waals surface area (Å²) >= 11 is 3.53. The predicted octanol–water partition coefficient (Wildman–Crippen LogP) is 4.29. The summed E-state index contributed by atoms with van der Waals surface area (Å²) < 4.78 is 8.62. The Hall–Kier alpha value is -2.01. The molecule has 0 aliphatic heterocycles. The van der Waals surface area contributed by atoms with Crippen LogP contribution in [0.4, 0.5) is 5.69 Å². The smallest absolute Gasteiger partial charge is 0.143 e.